The van der Waals surface area contributed by atoms with Crippen molar-refractivity contribution >= 4 is 11.8 Å². The number of carbonyl (C=O) groups is 1. The Labute approximate surface area is 160 Å². The summed E-state index contributed by atoms with van der Waals surface area (Å²) in [6, 6.07) is 9.83. The Bertz CT molecular complexity index is 842. The van der Waals surface area contributed by atoms with E-state index in [4.69, 9.17) is 4.74 Å². The Morgan fingerprint density at radius 1 is 1.22 bits per heavy atom. The number of carbonyl (C=O) groups excluding carboxylic acids is 1. The molecule has 0 bridgehead atoms. The molecule has 0 aliphatic heterocycles. The first kappa shape index (κ1) is 19.2. The molecular weight excluding hydrogens is 342 g/mol. The highest BCUT2D eigenvalue weighted by Gasteiger charge is 2.29. The van der Waals surface area contributed by atoms with Crippen LogP contribution in [0.3, 0.4) is 0 Å². The minimum absolute atomic E-state index is 0.283. The van der Waals surface area contributed by atoms with E-state index >= 15 is 0 Å². The van der Waals surface area contributed by atoms with Gasteiger partial charge in [0.25, 0.3) is 0 Å². The molecule has 144 valence electrons. The zero-order valence-corrected chi connectivity index (χ0v) is 16.4. The highest BCUT2D eigenvalue weighted by molar-refractivity contribution is 5.86. The van der Waals surface area contributed by atoms with Crippen LogP contribution in [0.4, 0.5) is 10.5 Å². The Morgan fingerprint density at radius 3 is 2.56 bits per heavy atom. The zero-order chi connectivity index (χ0) is 19.6. The van der Waals surface area contributed by atoms with Crippen LogP contribution in [-0.4, -0.2) is 18.4 Å². The predicted molar refractivity (Wildman–Crippen MR) is 105 cm³/mol. The van der Waals surface area contributed by atoms with Crippen molar-refractivity contribution in [3.63, 3.8) is 0 Å². The molecule has 0 unspecified atom stereocenters. The summed E-state index contributed by atoms with van der Waals surface area (Å²) in [7, 11) is 1.25. The quantitative estimate of drug-likeness (QED) is 0.556. The van der Waals surface area contributed by atoms with E-state index in [9.17, 15) is 10.0 Å². The van der Waals surface area contributed by atoms with Crippen LogP contribution in [0.1, 0.15) is 53.5 Å². The van der Waals surface area contributed by atoms with Crippen molar-refractivity contribution < 1.29 is 19.5 Å². The second-order valence-electron chi connectivity index (χ2n) is 7.09. The highest BCUT2D eigenvalue weighted by Crippen LogP contribution is 2.44. The average molecular weight is 369 g/mol. The molecule has 0 radical (unpaired) electrons. The lowest BCUT2D eigenvalue weighted by molar-refractivity contribution is 0.140. The fraction of sp³-hybridized carbons (Fsp3) is 0.409. The maximum atomic E-state index is 11.8. The van der Waals surface area contributed by atoms with Crippen LogP contribution in [0.15, 0.2) is 30.3 Å². The zero-order valence-electron chi connectivity index (χ0n) is 16.4. The maximum absolute atomic E-state index is 11.8. The number of nitrogens with zero attached hydrogens (tertiary/aromatic N) is 1. The van der Waals surface area contributed by atoms with E-state index in [1.165, 1.54) is 18.2 Å². The van der Waals surface area contributed by atoms with Gasteiger partial charge in [-0.3, -0.25) is 5.21 Å². The van der Waals surface area contributed by atoms with E-state index in [-0.39, 0.29) is 6.61 Å². The molecular formula is C22H27NO4. The largest absolute Gasteiger partial charge is 0.489 e. The number of amides is 1. The van der Waals surface area contributed by atoms with E-state index in [0.29, 0.717) is 16.7 Å². The molecule has 5 heteroatoms. The molecule has 0 saturated heterocycles. The normalized spacial score (nSPS) is 13.4. The monoisotopic (exact) mass is 369 g/mol. The molecule has 1 saturated carbocycles. The molecule has 3 rings (SSSR count). The first-order valence-electron chi connectivity index (χ1n) is 9.37. The summed E-state index contributed by atoms with van der Waals surface area (Å²) in [5.74, 6) is 1.31. The summed E-state index contributed by atoms with van der Waals surface area (Å²) >= 11 is 0. The molecule has 5 nitrogen and oxygen atoms in total. The van der Waals surface area contributed by atoms with E-state index in [1.54, 1.807) is 6.07 Å². The van der Waals surface area contributed by atoms with Crippen molar-refractivity contribution in [3.8, 4) is 5.75 Å². The van der Waals surface area contributed by atoms with Gasteiger partial charge in [0.05, 0.1) is 12.8 Å². The molecule has 1 aliphatic rings. The number of ether oxygens (including phenoxy) is 2. The molecule has 0 aromatic heterocycles. The van der Waals surface area contributed by atoms with Crippen molar-refractivity contribution in [2.45, 2.75) is 52.6 Å². The maximum Gasteiger partial charge on any atom is 0.438 e. The number of anilines is 1. The van der Waals surface area contributed by atoms with Gasteiger partial charge >= 0.3 is 6.09 Å². The summed E-state index contributed by atoms with van der Waals surface area (Å²) in [4.78, 5) is 11.8. The smallest absolute Gasteiger partial charge is 0.438 e. The number of hydrogen-bond acceptors (Lipinski definition) is 4. The predicted octanol–water partition coefficient (Wildman–Crippen LogP) is 5.28. The topological polar surface area (TPSA) is 59.0 Å². The number of benzene rings is 2. The molecule has 0 atom stereocenters. The number of aryl methyl sites for hydroxylation is 3. The molecule has 1 amide bonds. The fourth-order valence-corrected chi connectivity index (χ4v) is 3.32. The lowest BCUT2D eigenvalue weighted by atomic mass is 10.0. The second kappa shape index (κ2) is 8.01. The van der Waals surface area contributed by atoms with Crippen LogP contribution in [0.5, 0.6) is 5.75 Å². The Balaban J connectivity index is 1.94. The number of hydrogen-bond donors (Lipinski definition) is 1. The first-order valence-corrected chi connectivity index (χ1v) is 9.37. The Kier molecular flexibility index (Phi) is 5.71. The molecule has 27 heavy (non-hydrogen) atoms. The Morgan fingerprint density at radius 2 is 1.93 bits per heavy atom. The fourth-order valence-electron chi connectivity index (χ4n) is 3.32. The van der Waals surface area contributed by atoms with Gasteiger partial charge in [-0.2, -0.15) is 5.06 Å². The third-order valence-corrected chi connectivity index (χ3v) is 5.21. The van der Waals surface area contributed by atoms with Gasteiger partial charge in [-0.15, -0.1) is 0 Å². The third kappa shape index (κ3) is 4.08. The SMILES string of the molecule is CCc1cc(C)c(C)cc1OCc1c(C2CC2)cccc1N(O)C(=O)OC. The summed E-state index contributed by atoms with van der Waals surface area (Å²) < 4.78 is 10.8. The molecule has 1 aliphatic carbocycles. The lowest BCUT2D eigenvalue weighted by Gasteiger charge is -2.21. The van der Waals surface area contributed by atoms with Gasteiger partial charge in [-0.25, -0.2) is 4.79 Å². The molecule has 2 aromatic carbocycles. The van der Waals surface area contributed by atoms with Crippen molar-refractivity contribution in [1.29, 1.82) is 0 Å². The van der Waals surface area contributed by atoms with Crippen LogP contribution in [0.2, 0.25) is 0 Å². The van der Waals surface area contributed by atoms with E-state index in [2.05, 4.69) is 37.6 Å². The van der Waals surface area contributed by atoms with Crippen molar-refractivity contribution in [2.75, 3.05) is 12.2 Å². The van der Waals surface area contributed by atoms with Crippen LogP contribution in [0.25, 0.3) is 0 Å². The molecule has 1 N–H and O–H groups in total. The van der Waals surface area contributed by atoms with Crippen LogP contribution in [0, 0.1) is 13.8 Å². The molecule has 0 heterocycles. The minimum atomic E-state index is -0.815. The van der Waals surface area contributed by atoms with Gasteiger partial charge in [-0.1, -0.05) is 25.1 Å². The summed E-state index contributed by atoms with van der Waals surface area (Å²) in [5, 5.41) is 10.8. The molecule has 0 spiro atoms. The Hall–Kier alpha value is -2.53. The first-order chi connectivity index (χ1) is 13.0. The van der Waals surface area contributed by atoms with Gasteiger partial charge in [0.15, 0.2) is 0 Å². The lowest BCUT2D eigenvalue weighted by Crippen LogP contribution is -2.28. The number of hydroxylamine groups is 1. The summed E-state index contributed by atoms with van der Waals surface area (Å²) in [6.45, 7) is 6.55. The molecule has 1 fully saturated rings. The third-order valence-electron chi connectivity index (χ3n) is 5.21. The standard InChI is InChI=1S/C22H27NO4/c1-5-16-11-14(2)15(3)12-21(16)27-13-19-18(17-9-10-17)7-6-8-20(19)23(25)22(24)26-4/h6-8,11-12,17,25H,5,9-10,13H2,1-4H3. The minimum Gasteiger partial charge on any atom is -0.489 e. The average Bonchev–Trinajstić information content (AvgIpc) is 3.52. The number of rotatable bonds is 6. The molecule has 2 aromatic rings. The summed E-state index contributed by atoms with van der Waals surface area (Å²) in [6.07, 6.45) is 2.29. The van der Waals surface area contributed by atoms with Crippen molar-refractivity contribution in [2.24, 2.45) is 0 Å². The van der Waals surface area contributed by atoms with E-state index in [1.807, 2.05) is 12.1 Å². The van der Waals surface area contributed by atoms with E-state index in [0.717, 1.165) is 41.7 Å². The van der Waals surface area contributed by atoms with Gasteiger partial charge in [0.1, 0.15) is 12.4 Å². The van der Waals surface area contributed by atoms with Crippen molar-refractivity contribution in [3.05, 3.63) is 58.1 Å². The van der Waals surface area contributed by atoms with Crippen LogP contribution < -0.4 is 9.80 Å². The number of methoxy groups -OCH3 is 1. The van der Waals surface area contributed by atoms with E-state index < -0.39 is 6.09 Å². The summed E-state index contributed by atoms with van der Waals surface area (Å²) in [5.41, 5.74) is 5.93. The van der Waals surface area contributed by atoms with Crippen LogP contribution >= 0.6 is 0 Å². The van der Waals surface area contributed by atoms with Crippen LogP contribution in [-0.2, 0) is 17.8 Å². The van der Waals surface area contributed by atoms with Gasteiger partial charge in [-0.05, 0) is 73.4 Å². The van der Waals surface area contributed by atoms with Gasteiger partial charge < -0.3 is 9.47 Å². The van der Waals surface area contributed by atoms with Crippen molar-refractivity contribution in [1.82, 2.24) is 0 Å². The van der Waals surface area contributed by atoms with Gasteiger partial charge in [0.2, 0.25) is 0 Å². The highest BCUT2D eigenvalue weighted by atomic mass is 16.6. The second-order valence-corrected chi connectivity index (χ2v) is 7.09. The van der Waals surface area contributed by atoms with Gasteiger partial charge in [0, 0.05) is 5.56 Å².